The van der Waals surface area contributed by atoms with E-state index in [9.17, 15) is 26.4 Å². The molecule has 1 atom stereocenters. The minimum atomic E-state index is -4.63. The summed E-state index contributed by atoms with van der Waals surface area (Å²) in [6, 6.07) is 8.89. The first-order valence-electron chi connectivity index (χ1n) is 10.7. The van der Waals surface area contributed by atoms with Gasteiger partial charge in [-0.25, -0.2) is 8.42 Å². The molecule has 0 bridgehead atoms. The van der Waals surface area contributed by atoms with Crippen molar-refractivity contribution < 1.29 is 26.4 Å². The van der Waals surface area contributed by atoms with Gasteiger partial charge in [0.1, 0.15) is 6.04 Å². The van der Waals surface area contributed by atoms with E-state index in [0.29, 0.717) is 17.6 Å². The smallest absolute Gasteiger partial charge is 0.351 e. The molecule has 0 fully saturated rings. The molecular formula is C24H26ClF3N2O3S. The second-order valence-corrected chi connectivity index (χ2v) is 10.9. The van der Waals surface area contributed by atoms with Crippen LogP contribution in [0.3, 0.4) is 0 Å². The average molecular weight is 515 g/mol. The fourth-order valence-electron chi connectivity index (χ4n) is 3.94. The van der Waals surface area contributed by atoms with Crippen molar-refractivity contribution in [1.82, 2.24) is 9.62 Å². The molecule has 0 saturated heterocycles. The highest BCUT2D eigenvalue weighted by Gasteiger charge is 2.39. The molecule has 0 aliphatic carbocycles. The highest BCUT2D eigenvalue weighted by molar-refractivity contribution is 7.89. The summed E-state index contributed by atoms with van der Waals surface area (Å²) in [4.78, 5) is 13.3. The Hall–Kier alpha value is -2.36. The van der Waals surface area contributed by atoms with E-state index in [1.165, 1.54) is 16.4 Å². The minimum Gasteiger partial charge on any atom is -0.351 e. The number of sulfonamides is 1. The molecule has 1 aliphatic rings. The number of hydrogen-bond acceptors (Lipinski definition) is 3. The summed E-state index contributed by atoms with van der Waals surface area (Å²) in [7, 11) is -4.01. The second kappa shape index (κ2) is 10.1. The molecule has 0 radical (unpaired) electrons. The molecule has 0 spiro atoms. The predicted molar refractivity (Wildman–Crippen MR) is 126 cm³/mol. The normalized spacial score (nSPS) is 17.2. The van der Waals surface area contributed by atoms with Gasteiger partial charge in [0.2, 0.25) is 15.9 Å². The van der Waals surface area contributed by atoms with Crippen molar-refractivity contribution in [2.24, 2.45) is 5.92 Å². The summed E-state index contributed by atoms with van der Waals surface area (Å²) in [6.45, 7) is 7.60. The third kappa shape index (κ3) is 5.64. The van der Waals surface area contributed by atoms with Gasteiger partial charge in [-0.2, -0.15) is 17.5 Å². The molecule has 184 valence electrons. The van der Waals surface area contributed by atoms with Crippen LogP contribution in [0, 0.1) is 5.92 Å². The van der Waals surface area contributed by atoms with E-state index in [2.05, 4.69) is 11.9 Å². The molecule has 2 aromatic carbocycles. The fraction of sp³-hybridized carbons (Fsp3) is 0.375. The zero-order chi connectivity index (χ0) is 25.3. The van der Waals surface area contributed by atoms with Crippen molar-refractivity contribution in [2.45, 2.75) is 50.3 Å². The Labute approximate surface area is 202 Å². The molecule has 5 nitrogen and oxygen atoms in total. The number of alkyl halides is 3. The van der Waals surface area contributed by atoms with Crippen LogP contribution in [-0.4, -0.2) is 31.2 Å². The van der Waals surface area contributed by atoms with Gasteiger partial charge in [0, 0.05) is 13.1 Å². The maximum absolute atomic E-state index is 13.5. The lowest BCUT2D eigenvalue weighted by atomic mass is 10.0. The van der Waals surface area contributed by atoms with E-state index in [1.807, 2.05) is 13.8 Å². The van der Waals surface area contributed by atoms with Crippen molar-refractivity contribution >= 4 is 33.1 Å². The summed E-state index contributed by atoms with van der Waals surface area (Å²) in [5.41, 5.74) is 0.386. The van der Waals surface area contributed by atoms with Crippen LogP contribution in [0.1, 0.15) is 43.4 Å². The Balaban J connectivity index is 1.89. The number of hydrogen-bond donors (Lipinski definition) is 1. The molecule has 0 saturated carbocycles. The van der Waals surface area contributed by atoms with Crippen LogP contribution in [0.5, 0.6) is 0 Å². The Morgan fingerprint density at radius 1 is 1.21 bits per heavy atom. The summed E-state index contributed by atoms with van der Waals surface area (Å²) >= 11 is 5.66. The highest BCUT2D eigenvalue weighted by Crippen LogP contribution is 2.36. The van der Waals surface area contributed by atoms with Crippen LogP contribution in [0.25, 0.3) is 5.57 Å². The van der Waals surface area contributed by atoms with E-state index in [1.54, 1.807) is 18.2 Å². The number of rotatable bonds is 6. The Bertz CT molecular complexity index is 1200. The summed E-state index contributed by atoms with van der Waals surface area (Å²) < 4.78 is 67.7. The summed E-state index contributed by atoms with van der Waals surface area (Å²) in [6.07, 6.45) is -4.04. The topological polar surface area (TPSA) is 66.5 Å². The number of fused-ring (bicyclic) bond motifs is 1. The molecule has 10 heteroatoms. The third-order valence-corrected chi connectivity index (χ3v) is 7.93. The van der Waals surface area contributed by atoms with Crippen molar-refractivity contribution in [2.75, 3.05) is 6.54 Å². The standard InChI is InChI=1S/C24H26ClF3N2O3S/c1-15(2)12-21(23(31)29-14-17-8-9-20(25)19(13-17)24(26,27)28)30-11-10-16(3)18-6-4-5-7-22(18)34(30,32)33/h4-9,13,15,21H,3,10-12,14H2,1-2H3,(H,29,31)/t21-/m1/s1. The lowest BCUT2D eigenvalue weighted by molar-refractivity contribution is -0.137. The summed E-state index contributed by atoms with van der Waals surface area (Å²) in [5.74, 6) is -0.592. The van der Waals surface area contributed by atoms with Crippen LogP contribution >= 0.6 is 11.6 Å². The molecule has 34 heavy (non-hydrogen) atoms. The first-order chi connectivity index (χ1) is 15.8. The molecule has 0 unspecified atom stereocenters. The molecule has 1 amide bonds. The molecule has 1 aliphatic heterocycles. The van der Waals surface area contributed by atoms with Gasteiger partial charge in [-0.05, 0) is 53.7 Å². The number of halogens is 4. The Kier molecular flexibility index (Phi) is 7.79. The van der Waals surface area contributed by atoms with E-state index in [0.717, 1.165) is 12.1 Å². The zero-order valence-electron chi connectivity index (χ0n) is 18.8. The van der Waals surface area contributed by atoms with E-state index >= 15 is 0 Å². The van der Waals surface area contributed by atoms with Crippen molar-refractivity contribution in [3.8, 4) is 0 Å². The Morgan fingerprint density at radius 3 is 2.53 bits per heavy atom. The van der Waals surface area contributed by atoms with E-state index in [4.69, 9.17) is 11.6 Å². The van der Waals surface area contributed by atoms with Gasteiger partial charge in [-0.1, -0.05) is 56.3 Å². The van der Waals surface area contributed by atoms with Gasteiger partial charge in [-0.15, -0.1) is 0 Å². The number of nitrogens with one attached hydrogen (secondary N) is 1. The monoisotopic (exact) mass is 514 g/mol. The maximum Gasteiger partial charge on any atom is 0.417 e. The van der Waals surface area contributed by atoms with Crippen molar-refractivity contribution in [3.63, 3.8) is 0 Å². The van der Waals surface area contributed by atoms with Crippen LogP contribution < -0.4 is 5.32 Å². The third-order valence-electron chi connectivity index (χ3n) is 5.64. The van der Waals surface area contributed by atoms with E-state index < -0.39 is 38.7 Å². The molecular weight excluding hydrogens is 489 g/mol. The number of amides is 1. The van der Waals surface area contributed by atoms with Crippen molar-refractivity contribution in [1.29, 1.82) is 0 Å². The van der Waals surface area contributed by atoms with Crippen LogP contribution in [0.2, 0.25) is 5.02 Å². The summed E-state index contributed by atoms with van der Waals surface area (Å²) in [5, 5.41) is 2.18. The van der Waals surface area contributed by atoms with Crippen LogP contribution in [-0.2, 0) is 27.5 Å². The van der Waals surface area contributed by atoms with Gasteiger partial charge in [0.05, 0.1) is 15.5 Å². The SMILES string of the molecule is C=C1CCN([C@H](CC(C)C)C(=O)NCc2ccc(Cl)c(C(F)(F)F)c2)S(=O)(=O)c2ccccc21. The largest absolute Gasteiger partial charge is 0.417 e. The van der Waals surface area contributed by atoms with Gasteiger partial charge in [0.25, 0.3) is 0 Å². The lowest BCUT2D eigenvalue weighted by Gasteiger charge is -2.30. The number of nitrogens with zero attached hydrogens (tertiary/aromatic N) is 1. The molecule has 1 heterocycles. The predicted octanol–water partition coefficient (Wildman–Crippen LogP) is 5.50. The molecule has 2 aromatic rings. The molecule has 0 aromatic heterocycles. The second-order valence-electron chi connectivity index (χ2n) is 8.64. The van der Waals surface area contributed by atoms with Gasteiger partial charge in [0.15, 0.2) is 0 Å². The molecule has 3 rings (SSSR count). The van der Waals surface area contributed by atoms with E-state index in [-0.39, 0.29) is 35.9 Å². The van der Waals surface area contributed by atoms with Gasteiger partial charge < -0.3 is 5.32 Å². The average Bonchev–Trinajstić information content (AvgIpc) is 2.85. The first kappa shape index (κ1) is 26.2. The highest BCUT2D eigenvalue weighted by atomic mass is 35.5. The van der Waals surface area contributed by atoms with Crippen LogP contribution in [0.15, 0.2) is 53.9 Å². The zero-order valence-corrected chi connectivity index (χ0v) is 20.4. The Morgan fingerprint density at radius 2 is 1.88 bits per heavy atom. The van der Waals surface area contributed by atoms with Gasteiger partial charge >= 0.3 is 6.18 Å². The van der Waals surface area contributed by atoms with Crippen LogP contribution in [0.4, 0.5) is 13.2 Å². The fourth-order valence-corrected chi connectivity index (χ4v) is 6.01. The number of carbonyl (C=O) groups is 1. The van der Waals surface area contributed by atoms with Gasteiger partial charge in [-0.3, -0.25) is 4.79 Å². The quantitative estimate of drug-likeness (QED) is 0.553. The number of carbonyl (C=O) groups excluding carboxylic acids is 1. The first-order valence-corrected chi connectivity index (χ1v) is 12.6. The lowest BCUT2D eigenvalue weighted by Crippen LogP contribution is -2.50. The van der Waals surface area contributed by atoms with Crippen molar-refractivity contribution in [3.05, 3.63) is 70.8 Å². The minimum absolute atomic E-state index is 0.0139. The number of benzene rings is 2. The molecule has 1 N–H and O–H groups in total. The maximum atomic E-state index is 13.5.